The van der Waals surface area contributed by atoms with Crippen molar-refractivity contribution in [1.29, 1.82) is 0 Å². The minimum Gasteiger partial charge on any atom is -0.342 e. The van der Waals surface area contributed by atoms with Crippen LogP contribution in [0.5, 0.6) is 0 Å². The fraction of sp³-hybridized carbons (Fsp3) is 0.432. The number of unbranched alkanes of at least 4 members (excludes halogenated alkanes) is 1. The van der Waals surface area contributed by atoms with Crippen LogP contribution in [-0.4, -0.2) is 32.5 Å². The van der Waals surface area contributed by atoms with Crippen molar-refractivity contribution in [2.75, 3.05) is 13.6 Å². The van der Waals surface area contributed by atoms with Crippen molar-refractivity contribution in [2.45, 2.75) is 90.6 Å². The lowest BCUT2D eigenvalue weighted by Crippen LogP contribution is -2.63. The standard InChI is InChI=1S/C37H45NOSi/c1-5-6-21-38(2)37(39)31-20-14-13-19-30(31)36-32-22-26-15-9-7-11-17-28(26)24-34(32)40(3,4)35-25-29-18-12-8-10-16-27(29)23-33(35)36/h13-14,17,19-20,22-25H,5-12,15-16,18,21H2,1-4H3. The van der Waals surface area contributed by atoms with Crippen LogP contribution in [0.1, 0.15) is 96.5 Å². The van der Waals surface area contributed by atoms with Gasteiger partial charge in [-0.05, 0) is 118 Å². The molecule has 0 unspecified atom stereocenters. The third-order valence-corrected chi connectivity index (χ3v) is 13.3. The van der Waals surface area contributed by atoms with Gasteiger partial charge in [0, 0.05) is 19.2 Å². The van der Waals surface area contributed by atoms with Gasteiger partial charge in [-0.15, -0.1) is 0 Å². The van der Waals surface area contributed by atoms with Gasteiger partial charge in [0.15, 0.2) is 0 Å². The second-order valence-corrected chi connectivity index (χ2v) is 17.2. The van der Waals surface area contributed by atoms with E-state index >= 15 is 0 Å². The number of benzene rings is 3. The van der Waals surface area contributed by atoms with E-state index in [4.69, 9.17) is 0 Å². The molecule has 0 atom stereocenters. The van der Waals surface area contributed by atoms with Gasteiger partial charge in [0.25, 0.3) is 5.91 Å². The minimum atomic E-state index is -1.98. The number of hydrogen-bond donors (Lipinski definition) is 0. The zero-order chi connectivity index (χ0) is 27.9. The highest BCUT2D eigenvalue weighted by molar-refractivity contribution is 7.01. The van der Waals surface area contributed by atoms with Crippen LogP contribution in [-0.2, 0) is 19.3 Å². The lowest BCUT2D eigenvalue weighted by Gasteiger charge is -2.35. The molecule has 6 rings (SSSR count). The Bertz CT molecular complexity index is 1580. The third kappa shape index (κ3) is 4.81. The van der Waals surface area contributed by atoms with Crippen molar-refractivity contribution in [1.82, 2.24) is 4.90 Å². The number of fused-ring (bicyclic) bond motifs is 4. The van der Waals surface area contributed by atoms with Crippen molar-refractivity contribution in [3.05, 3.63) is 92.3 Å². The molecule has 0 radical (unpaired) electrons. The highest BCUT2D eigenvalue weighted by atomic mass is 28.3. The lowest BCUT2D eigenvalue weighted by atomic mass is 9.87. The Morgan fingerprint density at radius 1 is 0.825 bits per heavy atom. The monoisotopic (exact) mass is 547 g/mol. The van der Waals surface area contributed by atoms with E-state index in [1.807, 2.05) is 18.0 Å². The summed E-state index contributed by atoms with van der Waals surface area (Å²) in [5, 5.41) is 5.95. The predicted octanol–water partition coefficient (Wildman–Crippen LogP) is 5.72. The summed E-state index contributed by atoms with van der Waals surface area (Å²) in [5.41, 5.74) is 9.24. The first-order chi connectivity index (χ1) is 19.4. The van der Waals surface area contributed by atoms with E-state index in [1.54, 1.807) is 15.9 Å². The van der Waals surface area contributed by atoms with E-state index in [-0.39, 0.29) is 5.91 Å². The highest BCUT2D eigenvalue weighted by Crippen LogP contribution is 2.31. The molecule has 2 nitrogen and oxygen atoms in total. The molecule has 0 spiro atoms. The maximum Gasteiger partial charge on any atom is 0.254 e. The summed E-state index contributed by atoms with van der Waals surface area (Å²) in [6, 6.07) is 18.7. The average Bonchev–Trinajstić information content (AvgIpc) is 3.34. The van der Waals surface area contributed by atoms with Gasteiger partial charge < -0.3 is 4.90 Å². The maximum absolute atomic E-state index is 13.9. The van der Waals surface area contributed by atoms with Gasteiger partial charge in [-0.1, -0.05) is 81.4 Å². The van der Waals surface area contributed by atoms with Crippen molar-refractivity contribution >= 4 is 36.0 Å². The quantitative estimate of drug-likeness (QED) is 0.296. The molecule has 0 N–H and O–H groups in total. The largest absolute Gasteiger partial charge is 0.342 e. The molecule has 0 saturated carbocycles. The Labute approximate surface area is 241 Å². The van der Waals surface area contributed by atoms with Gasteiger partial charge in [-0.2, -0.15) is 0 Å². The SMILES string of the molecule is CCCCN(C)C(=O)c1ccccc1C1=c2cc3c(cc2[Si](C)(C)c2cc4c(cc21)CCCCC4)=CCCCC3. The van der Waals surface area contributed by atoms with E-state index in [0.29, 0.717) is 0 Å². The van der Waals surface area contributed by atoms with Crippen molar-refractivity contribution in [3.63, 3.8) is 0 Å². The van der Waals surface area contributed by atoms with Crippen molar-refractivity contribution < 1.29 is 4.79 Å². The third-order valence-electron chi connectivity index (χ3n) is 9.78. The zero-order valence-corrected chi connectivity index (χ0v) is 26.0. The lowest BCUT2D eigenvalue weighted by molar-refractivity contribution is 0.0793. The number of amides is 1. The molecule has 0 fully saturated rings. The number of rotatable bonds is 5. The first-order valence-electron chi connectivity index (χ1n) is 15.8. The molecule has 0 bridgehead atoms. The van der Waals surface area contributed by atoms with Gasteiger partial charge in [0.05, 0.1) is 0 Å². The van der Waals surface area contributed by atoms with Crippen LogP contribution in [0.3, 0.4) is 0 Å². The molecule has 1 amide bonds. The summed E-state index contributed by atoms with van der Waals surface area (Å²) in [6.45, 7) is 8.10. The van der Waals surface area contributed by atoms with Crippen LogP contribution >= 0.6 is 0 Å². The zero-order valence-electron chi connectivity index (χ0n) is 25.0. The molecule has 0 saturated heterocycles. The fourth-order valence-corrected chi connectivity index (χ4v) is 10.4. The molecule has 1 heterocycles. The Morgan fingerprint density at radius 3 is 2.35 bits per heavy atom. The average molecular weight is 548 g/mol. The van der Waals surface area contributed by atoms with Crippen LogP contribution in [0.4, 0.5) is 0 Å². The van der Waals surface area contributed by atoms with Crippen molar-refractivity contribution in [3.8, 4) is 0 Å². The molecule has 3 aromatic rings. The number of aryl methyl sites for hydroxylation is 3. The molecule has 3 aromatic carbocycles. The maximum atomic E-state index is 13.9. The van der Waals surface area contributed by atoms with Gasteiger partial charge >= 0.3 is 0 Å². The second-order valence-electron chi connectivity index (χ2n) is 12.9. The summed E-state index contributed by atoms with van der Waals surface area (Å²) >= 11 is 0. The van der Waals surface area contributed by atoms with Crippen molar-refractivity contribution in [2.24, 2.45) is 0 Å². The van der Waals surface area contributed by atoms with Gasteiger partial charge in [-0.25, -0.2) is 0 Å². The molecule has 1 aliphatic heterocycles. The smallest absolute Gasteiger partial charge is 0.254 e. The number of nitrogens with zero attached hydrogens (tertiary/aromatic N) is 1. The summed E-state index contributed by atoms with van der Waals surface area (Å²) in [4.78, 5) is 15.9. The predicted molar refractivity (Wildman–Crippen MR) is 172 cm³/mol. The van der Waals surface area contributed by atoms with Crippen LogP contribution in [0.25, 0.3) is 11.6 Å². The first kappa shape index (κ1) is 27.3. The van der Waals surface area contributed by atoms with E-state index in [0.717, 1.165) is 36.9 Å². The molecule has 3 aliphatic rings. The molecule has 40 heavy (non-hydrogen) atoms. The molecule has 208 valence electrons. The highest BCUT2D eigenvalue weighted by Gasteiger charge is 2.37. The van der Waals surface area contributed by atoms with Crippen LogP contribution < -0.4 is 20.8 Å². The normalized spacial score (nSPS) is 17.4. The van der Waals surface area contributed by atoms with Gasteiger partial charge in [0.2, 0.25) is 0 Å². The number of hydrogen-bond acceptors (Lipinski definition) is 1. The topological polar surface area (TPSA) is 20.3 Å². The molecular formula is C37H45NOSi. The van der Waals surface area contributed by atoms with E-state index < -0.39 is 8.07 Å². The van der Waals surface area contributed by atoms with Gasteiger partial charge in [0.1, 0.15) is 8.07 Å². The Morgan fingerprint density at radius 2 is 1.55 bits per heavy atom. The Balaban J connectivity index is 1.68. The van der Waals surface area contributed by atoms with Gasteiger partial charge in [-0.3, -0.25) is 4.79 Å². The van der Waals surface area contributed by atoms with E-state index in [1.165, 1.54) is 84.1 Å². The first-order valence-corrected chi connectivity index (χ1v) is 18.8. The summed E-state index contributed by atoms with van der Waals surface area (Å²) in [5.74, 6) is 0.139. The molecule has 3 heteroatoms. The van der Waals surface area contributed by atoms with Crippen LogP contribution in [0.15, 0.2) is 48.5 Å². The van der Waals surface area contributed by atoms with E-state index in [2.05, 4.69) is 68.6 Å². The van der Waals surface area contributed by atoms with Crippen LogP contribution in [0, 0.1) is 0 Å². The molecular weight excluding hydrogens is 502 g/mol. The summed E-state index contributed by atoms with van der Waals surface area (Å²) in [6.07, 6.45) is 15.7. The number of carbonyl (C=O) groups excluding carboxylic acids is 1. The van der Waals surface area contributed by atoms with Crippen LogP contribution in [0.2, 0.25) is 13.1 Å². The number of carbonyl (C=O) groups is 1. The summed E-state index contributed by atoms with van der Waals surface area (Å²) in [7, 11) is -0.0120. The summed E-state index contributed by atoms with van der Waals surface area (Å²) < 4.78 is 0. The fourth-order valence-electron chi connectivity index (χ4n) is 7.37. The minimum absolute atomic E-state index is 0.139. The Kier molecular flexibility index (Phi) is 7.61. The Hall–Kier alpha value is -2.91. The van der Waals surface area contributed by atoms with E-state index in [9.17, 15) is 4.79 Å². The molecule has 2 aliphatic carbocycles. The second kappa shape index (κ2) is 11.2. The molecule has 0 aromatic heterocycles.